The third kappa shape index (κ3) is 3.58. The van der Waals surface area contributed by atoms with Crippen molar-refractivity contribution in [2.24, 2.45) is 0 Å². The molecular formula is C13H17NO2. The molecular weight excluding hydrogens is 202 g/mol. The number of aliphatic hydroxyl groups excluding tert-OH is 1. The smallest absolute Gasteiger partial charge is 0.118 e. The molecule has 0 bridgehead atoms. The van der Waals surface area contributed by atoms with E-state index < -0.39 is 6.10 Å². The van der Waals surface area contributed by atoms with Gasteiger partial charge in [0.2, 0.25) is 0 Å². The lowest BCUT2D eigenvalue weighted by molar-refractivity contribution is 0.173. The molecule has 0 amide bonds. The first-order chi connectivity index (χ1) is 7.67. The highest BCUT2D eigenvalue weighted by Crippen LogP contribution is 2.16. The van der Waals surface area contributed by atoms with Crippen molar-refractivity contribution < 1.29 is 9.84 Å². The summed E-state index contributed by atoms with van der Waals surface area (Å²) in [5.41, 5.74) is 0.845. The number of benzene rings is 1. The van der Waals surface area contributed by atoms with Crippen molar-refractivity contribution in [1.29, 1.82) is 0 Å². The zero-order valence-corrected chi connectivity index (χ0v) is 9.60. The van der Waals surface area contributed by atoms with Gasteiger partial charge < -0.3 is 15.2 Å². The minimum atomic E-state index is -0.554. The quantitative estimate of drug-likeness (QED) is 0.734. The van der Waals surface area contributed by atoms with Crippen LogP contribution >= 0.6 is 0 Å². The molecule has 1 aromatic rings. The summed E-state index contributed by atoms with van der Waals surface area (Å²) in [6.07, 6.45) is 4.67. The van der Waals surface area contributed by atoms with Crippen LogP contribution in [-0.2, 0) is 0 Å². The van der Waals surface area contributed by atoms with E-state index in [2.05, 4.69) is 11.2 Å². The number of hydrogen-bond donors (Lipinski definition) is 2. The van der Waals surface area contributed by atoms with E-state index in [4.69, 9.17) is 11.2 Å². The molecule has 16 heavy (non-hydrogen) atoms. The largest absolute Gasteiger partial charge is 0.497 e. The van der Waals surface area contributed by atoms with Crippen molar-refractivity contribution in [2.45, 2.75) is 19.1 Å². The van der Waals surface area contributed by atoms with Crippen LogP contribution in [0.3, 0.4) is 0 Å². The van der Waals surface area contributed by atoms with E-state index >= 15 is 0 Å². The van der Waals surface area contributed by atoms with Gasteiger partial charge in [0.1, 0.15) is 5.75 Å². The minimum absolute atomic E-state index is 0.0344. The highest BCUT2D eigenvalue weighted by Gasteiger charge is 2.08. The van der Waals surface area contributed by atoms with Crippen LogP contribution in [0.4, 0.5) is 0 Å². The first-order valence-corrected chi connectivity index (χ1v) is 5.19. The summed E-state index contributed by atoms with van der Waals surface area (Å²) in [5, 5.41) is 12.9. The number of methoxy groups -OCH3 is 1. The Kier molecular flexibility index (Phi) is 4.84. The lowest BCUT2D eigenvalue weighted by atomic mass is 10.1. The molecule has 0 heterocycles. The molecule has 2 N–H and O–H groups in total. The lowest BCUT2D eigenvalue weighted by Gasteiger charge is -2.14. The van der Waals surface area contributed by atoms with E-state index in [9.17, 15) is 5.11 Å². The fourth-order valence-electron chi connectivity index (χ4n) is 1.29. The fraction of sp³-hybridized carbons (Fsp3) is 0.385. The number of aliphatic hydroxyl groups is 1. The molecule has 0 saturated carbocycles. The van der Waals surface area contributed by atoms with E-state index in [1.165, 1.54) is 0 Å². The Balaban J connectivity index is 2.53. The van der Waals surface area contributed by atoms with Crippen LogP contribution in [0.5, 0.6) is 5.75 Å². The molecule has 86 valence electrons. The maximum Gasteiger partial charge on any atom is 0.118 e. The number of hydrogen-bond acceptors (Lipinski definition) is 3. The van der Waals surface area contributed by atoms with E-state index in [0.29, 0.717) is 6.54 Å². The molecule has 3 heteroatoms. The second-order valence-corrected chi connectivity index (χ2v) is 3.59. The molecule has 0 radical (unpaired) electrons. The van der Waals surface area contributed by atoms with Crippen molar-refractivity contribution in [1.82, 2.24) is 5.32 Å². The van der Waals surface area contributed by atoms with Crippen LogP contribution < -0.4 is 10.1 Å². The summed E-state index contributed by atoms with van der Waals surface area (Å²) >= 11 is 0. The summed E-state index contributed by atoms with van der Waals surface area (Å²) < 4.78 is 5.04. The molecule has 0 fully saturated rings. The average molecular weight is 219 g/mol. The average Bonchev–Trinajstić information content (AvgIpc) is 2.35. The fourth-order valence-corrected chi connectivity index (χ4v) is 1.29. The Morgan fingerprint density at radius 3 is 2.56 bits per heavy atom. The number of rotatable bonds is 5. The zero-order valence-electron chi connectivity index (χ0n) is 9.60. The standard InChI is InChI=1S/C13H17NO2/c1-4-10(2)14-9-13(15)11-5-7-12(16-3)8-6-11/h1,5-8,10,13-15H,9H2,2-3H3. The molecule has 3 nitrogen and oxygen atoms in total. The van der Waals surface area contributed by atoms with Crippen molar-refractivity contribution in [3.05, 3.63) is 29.8 Å². The first kappa shape index (κ1) is 12.6. The summed E-state index contributed by atoms with van der Waals surface area (Å²) in [5.74, 6) is 3.33. The molecule has 0 aliphatic carbocycles. The van der Waals surface area contributed by atoms with Gasteiger partial charge in [-0.25, -0.2) is 0 Å². The highest BCUT2D eigenvalue weighted by atomic mass is 16.5. The van der Waals surface area contributed by atoms with Crippen molar-refractivity contribution in [3.8, 4) is 18.1 Å². The number of nitrogens with one attached hydrogen (secondary N) is 1. The molecule has 0 aliphatic rings. The predicted octanol–water partition coefficient (Wildman–Crippen LogP) is 1.34. The van der Waals surface area contributed by atoms with Gasteiger partial charge in [-0.15, -0.1) is 6.42 Å². The van der Waals surface area contributed by atoms with Crippen LogP contribution in [0, 0.1) is 12.3 Å². The molecule has 0 spiro atoms. The molecule has 0 aliphatic heterocycles. The highest BCUT2D eigenvalue weighted by molar-refractivity contribution is 5.28. The predicted molar refractivity (Wildman–Crippen MR) is 64.3 cm³/mol. The van der Waals surface area contributed by atoms with E-state index in [0.717, 1.165) is 11.3 Å². The summed E-state index contributed by atoms with van der Waals surface area (Å²) in [4.78, 5) is 0. The van der Waals surface area contributed by atoms with E-state index in [1.807, 2.05) is 31.2 Å². The minimum Gasteiger partial charge on any atom is -0.497 e. The molecule has 1 rings (SSSR count). The summed E-state index contributed by atoms with van der Waals surface area (Å²) in [6, 6.07) is 7.29. The lowest BCUT2D eigenvalue weighted by Crippen LogP contribution is -2.29. The molecule has 2 atom stereocenters. The van der Waals surface area contributed by atoms with Gasteiger partial charge in [-0.2, -0.15) is 0 Å². The Labute approximate surface area is 96.4 Å². The van der Waals surface area contributed by atoms with Gasteiger partial charge in [-0.3, -0.25) is 0 Å². The molecule has 2 unspecified atom stereocenters. The monoisotopic (exact) mass is 219 g/mol. The van der Waals surface area contributed by atoms with Crippen LogP contribution in [0.15, 0.2) is 24.3 Å². The second kappa shape index (κ2) is 6.16. The van der Waals surface area contributed by atoms with Crippen molar-refractivity contribution in [3.63, 3.8) is 0 Å². The van der Waals surface area contributed by atoms with Crippen LogP contribution in [-0.4, -0.2) is 24.8 Å². The Morgan fingerprint density at radius 1 is 1.44 bits per heavy atom. The third-order valence-corrected chi connectivity index (χ3v) is 2.37. The van der Waals surface area contributed by atoms with Crippen LogP contribution in [0.2, 0.25) is 0 Å². The Hall–Kier alpha value is -1.50. The molecule has 0 saturated heterocycles. The van der Waals surface area contributed by atoms with Gasteiger partial charge in [-0.05, 0) is 24.6 Å². The van der Waals surface area contributed by atoms with Gasteiger partial charge >= 0.3 is 0 Å². The zero-order chi connectivity index (χ0) is 12.0. The maximum absolute atomic E-state index is 9.86. The SMILES string of the molecule is C#CC(C)NCC(O)c1ccc(OC)cc1. The summed E-state index contributed by atoms with van der Waals surface area (Å²) in [6.45, 7) is 2.32. The Bertz CT molecular complexity index is 353. The normalized spacial score (nSPS) is 13.9. The summed E-state index contributed by atoms with van der Waals surface area (Å²) in [7, 11) is 1.61. The van der Waals surface area contributed by atoms with Gasteiger partial charge in [0.25, 0.3) is 0 Å². The van der Waals surface area contributed by atoms with Crippen molar-refractivity contribution in [2.75, 3.05) is 13.7 Å². The third-order valence-electron chi connectivity index (χ3n) is 2.37. The molecule has 0 aromatic heterocycles. The second-order valence-electron chi connectivity index (χ2n) is 3.59. The Morgan fingerprint density at radius 2 is 2.06 bits per heavy atom. The van der Waals surface area contributed by atoms with Gasteiger partial charge in [0.15, 0.2) is 0 Å². The van der Waals surface area contributed by atoms with E-state index in [1.54, 1.807) is 7.11 Å². The van der Waals surface area contributed by atoms with Crippen LogP contribution in [0.1, 0.15) is 18.6 Å². The maximum atomic E-state index is 9.86. The van der Waals surface area contributed by atoms with Gasteiger partial charge in [0, 0.05) is 6.54 Å². The van der Waals surface area contributed by atoms with Crippen molar-refractivity contribution >= 4 is 0 Å². The first-order valence-electron chi connectivity index (χ1n) is 5.19. The van der Waals surface area contributed by atoms with E-state index in [-0.39, 0.29) is 6.04 Å². The van der Waals surface area contributed by atoms with Gasteiger partial charge in [-0.1, -0.05) is 18.1 Å². The number of terminal acetylenes is 1. The van der Waals surface area contributed by atoms with Crippen LogP contribution in [0.25, 0.3) is 0 Å². The number of ether oxygens (including phenoxy) is 1. The molecule has 1 aromatic carbocycles. The topological polar surface area (TPSA) is 41.5 Å². The van der Waals surface area contributed by atoms with Gasteiger partial charge in [0.05, 0.1) is 19.3 Å².